The van der Waals surface area contributed by atoms with Gasteiger partial charge in [0.15, 0.2) is 0 Å². The van der Waals surface area contributed by atoms with Gasteiger partial charge in [-0.15, -0.1) is 0 Å². The fourth-order valence-corrected chi connectivity index (χ4v) is 0.563. The molecule has 1 aromatic heterocycles. The van der Waals surface area contributed by atoms with Crippen LogP contribution < -0.4 is 29.6 Å². The third-order valence-electron chi connectivity index (χ3n) is 1.04. The molecule has 0 unspecified atom stereocenters. The number of carboxylic acid groups (broad SMARTS) is 1. The maximum atomic E-state index is 10.2. The first-order chi connectivity index (χ1) is 4.22. The van der Waals surface area contributed by atoms with Gasteiger partial charge < -0.3 is 11.1 Å². The molecule has 0 aliphatic carbocycles. The van der Waals surface area contributed by atoms with Crippen LogP contribution in [0.1, 0.15) is 11.9 Å². The average molecular weight is 150 g/mol. The number of carbonyl (C=O) groups is 1. The van der Waals surface area contributed by atoms with E-state index in [-0.39, 0.29) is 36.7 Å². The van der Waals surface area contributed by atoms with E-state index < -0.39 is 5.97 Å². The summed E-state index contributed by atoms with van der Waals surface area (Å²) < 4.78 is 1.45. The van der Waals surface area contributed by atoms with E-state index in [0.29, 0.717) is 0 Å². The molecule has 0 amide bonds. The summed E-state index contributed by atoms with van der Waals surface area (Å²) in [6.45, 7) is 0. The van der Waals surface area contributed by atoms with Crippen molar-refractivity contribution in [2.45, 2.75) is 0 Å². The van der Waals surface area contributed by atoms with E-state index in [1.807, 2.05) is 0 Å². The van der Waals surface area contributed by atoms with Crippen molar-refractivity contribution in [3.8, 4) is 0 Å². The van der Waals surface area contributed by atoms with Crippen LogP contribution >= 0.6 is 0 Å². The van der Waals surface area contributed by atoms with Crippen molar-refractivity contribution >= 4 is 5.97 Å². The molecule has 1 heterocycles. The fourth-order valence-electron chi connectivity index (χ4n) is 0.563. The topological polar surface area (TPSA) is 55.1 Å². The summed E-state index contributed by atoms with van der Waals surface area (Å²) in [5.41, 5.74) is 0.204. The Hall–Kier alpha value is -0.320. The van der Waals surface area contributed by atoms with Gasteiger partial charge in [-0.25, -0.2) is 9.78 Å². The van der Waals surface area contributed by atoms with Crippen LogP contribution in [0.15, 0.2) is 12.5 Å². The molecule has 0 saturated carbocycles. The zero-order valence-electron chi connectivity index (χ0n) is 6.90. The van der Waals surface area contributed by atoms with Gasteiger partial charge in [-0.2, -0.15) is 0 Å². The summed E-state index contributed by atoms with van der Waals surface area (Å²) >= 11 is 0. The number of rotatable bonds is 1. The van der Waals surface area contributed by atoms with Crippen LogP contribution in [0, 0.1) is 0 Å². The number of hydrogen-bond acceptors (Lipinski definition) is 2. The molecule has 1 rings (SSSR count). The van der Waals surface area contributed by atoms with Crippen LogP contribution in [-0.4, -0.2) is 20.6 Å². The van der Waals surface area contributed by atoms with Gasteiger partial charge in [0.2, 0.25) is 0 Å². The number of carboxylic acids is 1. The van der Waals surface area contributed by atoms with Crippen molar-refractivity contribution in [2.75, 3.05) is 0 Å². The minimum Gasteiger partial charge on any atom is -1.00 e. The smallest absolute Gasteiger partial charge is 1.00 e. The second-order valence-corrected chi connectivity index (χ2v) is 1.69. The van der Waals surface area contributed by atoms with Crippen molar-refractivity contribution in [3.05, 3.63) is 18.2 Å². The third kappa shape index (κ3) is 1.83. The Morgan fingerprint density at radius 1 is 1.90 bits per heavy atom. The van der Waals surface area contributed by atoms with E-state index in [1.165, 1.54) is 17.1 Å². The zero-order valence-corrected chi connectivity index (χ0v) is 7.90. The molecule has 4 nitrogen and oxygen atoms in total. The molecular formula is C5H7N2NaO2. The summed E-state index contributed by atoms with van der Waals surface area (Å²) in [5, 5.41) is 8.39. The first kappa shape index (κ1) is 9.68. The molecule has 0 radical (unpaired) electrons. The molecular weight excluding hydrogens is 143 g/mol. The minimum absolute atomic E-state index is 0. The Morgan fingerprint density at radius 3 is 2.70 bits per heavy atom. The second kappa shape index (κ2) is 3.75. The molecule has 0 spiro atoms. The van der Waals surface area contributed by atoms with Gasteiger partial charge in [-0.1, -0.05) is 0 Å². The molecule has 0 aliphatic heterocycles. The van der Waals surface area contributed by atoms with Crippen LogP contribution in [0.2, 0.25) is 0 Å². The Kier molecular flexibility index (Phi) is 3.63. The SMILES string of the molecule is Cn1cncc1C(=O)O.[H-].[Na+]. The summed E-state index contributed by atoms with van der Waals surface area (Å²) in [5.74, 6) is -0.949. The normalized spacial score (nSPS) is 8.50. The Bertz CT molecular complexity index is 238. The van der Waals surface area contributed by atoms with Gasteiger partial charge in [-0.3, -0.25) is 0 Å². The molecule has 1 aromatic rings. The largest absolute Gasteiger partial charge is 1.00 e. The first-order valence-corrected chi connectivity index (χ1v) is 2.41. The summed E-state index contributed by atoms with van der Waals surface area (Å²) in [4.78, 5) is 13.8. The summed E-state index contributed by atoms with van der Waals surface area (Å²) in [6, 6.07) is 0. The quantitative estimate of drug-likeness (QED) is 0.441. The van der Waals surface area contributed by atoms with Crippen LogP contribution in [0.4, 0.5) is 0 Å². The average Bonchev–Trinajstić information content (AvgIpc) is 2.13. The molecule has 0 saturated heterocycles. The number of nitrogens with zero attached hydrogens (tertiary/aromatic N) is 2. The van der Waals surface area contributed by atoms with Gasteiger partial charge in [-0.05, 0) is 0 Å². The fraction of sp³-hybridized carbons (Fsp3) is 0.200. The Labute approximate surface area is 81.7 Å². The Morgan fingerprint density at radius 2 is 2.50 bits per heavy atom. The minimum atomic E-state index is -0.949. The van der Waals surface area contributed by atoms with E-state index >= 15 is 0 Å². The summed E-state index contributed by atoms with van der Waals surface area (Å²) in [6.07, 6.45) is 2.76. The van der Waals surface area contributed by atoms with E-state index in [1.54, 1.807) is 7.05 Å². The van der Waals surface area contributed by atoms with Gasteiger partial charge in [0.25, 0.3) is 0 Å². The van der Waals surface area contributed by atoms with Crippen LogP contribution in [-0.2, 0) is 7.05 Å². The molecule has 0 aromatic carbocycles. The maximum Gasteiger partial charge on any atom is 1.00 e. The van der Waals surface area contributed by atoms with Crippen molar-refractivity contribution < 1.29 is 40.9 Å². The maximum absolute atomic E-state index is 10.2. The molecule has 5 heteroatoms. The van der Waals surface area contributed by atoms with Gasteiger partial charge in [0.1, 0.15) is 5.69 Å². The number of aromatic carboxylic acids is 1. The van der Waals surface area contributed by atoms with E-state index in [2.05, 4.69) is 4.98 Å². The van der Waals surface area contributed by atoms with Crippen LogP contribution in [0.5, 0.6) is 0 Å². The van der Waals surface area contributed by atoms with Gasteiger partial charge in [0, 0.05) is 7.05 Å². The van der Waals surface area contributed by atoms with Crippen LogP contribution in [0.3, 0.4) is 0 Å². The number of aryl methyl sites for hydroxylation is 1. The van der Waals surface area contributed by atoms with Crippen molar-refractivity contribution in [1.29, 1.82) is 0 Å². The number of imidazole rings is 1. The second-order valence-electron chi connectivity index (χ2n) is 1.69. The van der Waals surface area contributed by atoms with E-state index in [0.717, 1.165) is 0 Å². The molecule has 0 fully saturated rings. The third-order valence-corrected chi connectivity index (χ3v) is 1.04. The molecule has 10 heavy (non-hydrogen) atoms. The van der Waals surface area contributed by atoms with Crippen molar-refractivity contribution in [3.63, 3.8) is 0 Å². The molecule has 0 aliphatic rings. The summed E-state index contributed by atoms with van der Waals surface area (Å²) in [7, 11) is 1.64. The predicted molar refractivity (Wildman–Crippen MR) is 31.3 cm³/mol. The Balaban J connectivity index is 0. The van der Waals surface area contributed by atoms with Crippen LogP contribution in [0.25, 0.3) is 0 Å². The van der Waals surface area contributed by atoms with Gasteiger partial charge in [0.05, 0.1) is 12.5 Å². The number of hydrogen-bond donors (Lipinski definition) is 1. The molecule has 1 N–H and O–H groups in total. The monoisotopic (exact) mass is 150 g/mol. The molecule has 50 valence electrons. The predicted octanol–water partition coefficient (Wildman–Crippen LogP) is -2.77. The first-order valence-electron chi connectivity index (χ1n) is 2.41. The van der Waals surface area contributed by atoms with Crippen molar-refractivity contribution in [1.82, 2.24) is 9.55 Å². The van der Waals surface area contributed by atoms with E-state index in [4.69, 9.17) is 5.11 Å². The van der Waals surface area contributed by atoms with Crippen molar-refractivity contribution in [2.24, 2.45) is 7.05 Å². The van der Waals surface area contributed by atoms with E-state index in [9.17, 15) is 4.79 Å². The van der Waals surface area contributed by atoms with Gasteiger partial charge >= 0.3 is 35.5 Å². The standard InChI is InChI=1S/C5H6N2O2.Na.H/c1-7-3-6-2-4(7)5(8)9;;/h2-3H,1H3,(H,8,9);;/q;+1;-1. The number of aromatic nitrogens is 2. The molecule has 0 bridgehead atoms. The molecule has 0 atom stereocenters. The zero-order chi connectivity index (χ0) is 6.85.